The summed E-state index contributed by atoms with van der Waals surface area (Å²) in [6.45, 7) is 0.656. The lowest BCUT2D eigenvalue weighted by Crippen LogP contribution is -2.25. The molecule has 0 atom stereocenters. The van der Waals surface area contributed by atoms with Crippen LogP contribution in [-0.2, 0) is 21.4 Å². The minimum atomic E-state index is -3.20. The van der Waals surface area contributed by atoms with Crippen molar-refractivity contribution in [1.29, 1.82) is 0 Å². The van der Waals surface area contributed by atoms with Crippen molar-refractivity contribution in [2.24, 2.45) is 0 Å². The number of sulfonamides is 1. The number of fused-ring (bicyclic) bond motifs is 1. The molecule has 1 amide bonds. The second-order valence-corrected chi connectivity index (χ2v) is 8.93. The molecule has 0 aliphatic carbocycles. The van der Waals surface area contributed by atoms with Crippen molar-refractivity contribution in [1.82, 2.24) is 4.57 Å². The Balaban J connectivity index is 1.46. The summed E-state index contributed by atoms with van der Waals surface area (Å²) in [6, 6.07) is 14.3. The van der Waals surface area contributed by atoms with E-state index in [9.17, 15) is 13.2 Å². The first-order valence-corrected chi connectivity index (χ1v) is 10.6. The highest BCUT2D eigenvalue weighted by atomic mass is 35.5. The number of aromatic nitrogens is 1. The fourth-order valence-electron chi connectivity index (χ4n) is 3.29. The van der Waals surface area contributed by atoms with Crippen molar-refractivity contribution in [2.75, 3.05) is 21.9 Å². The van der Waals surface area contributed by atoms with E-state index in [0.717, 1.165) is 10.9 Å². The summed E-state index contributed by atoms with van der Waals surface area (Å²) in [7, 11) is -3.20. The molecule has 2 aromatic carbocycles. The van der Waals surface area contributed by atoms with Gasteiger partial charge in [-0.15, -0.1) is 0 Å². The van der Waals surface area contributed by atoms with Crippen molar-refractivity contribution >= 4 is 49.8 Å². The second kappa shape index (κ2) is 6.90. The Hall–Kier alpha value is -2.51. The SMILES string of the molecule is O=C(Cn1ccc2ccc(Cl)cc21)Nc1ccc(N2CCCS2(=O)=O)cc1. The molecule has 2 heterocycles. The summed E-state index contributed by atoms with van der Waals surface area (Å²) in [5.41, 5.74) is 2.14. The Morgan fingerprint density at radius 1 is 1.11 bits per heavy atom. The zero-order chi connectivity index (χ0) is 19.0. The lowest BCUT2D eigenvalue weighted by molar-refractivity contribution is -0.116. The normalized spacial score (nSPS) is 16.0. The zero-order valence-corrected chi connectivity index (χ0v) is 16.0. The van der Waals surface area contributed by atoms with Gasteiger partial charge in [-0.3, -0.25) is 9.10 Å². The van der Waals surface area contributed by atoms with E-state index >= 15 is 0 Å². The van der Waals surface area contributed by atoms with Crippen LogP contribution in [0.15, 0.2) is 54.7 Å². The summed E-state index contributed by atoms with van der Waals surface area (Å²) in [5, 5.41) is 4.47. The molecule has 140 valence electrons. The zero-order valence-electron chi connectivity index (χ0n) is 14.4. The Morgan fingerprint density at radius 3 is 2.59 bits per heavy atom. The van der Waals surface area contributed by atoms with Gasteiger partial charge in [0.15, 0.2) is 0 Å². The van der Waals surface area contributed by atoms with Gasteiger partial charge >= 0.3 is 0 Å². The van der Waals surface area contributed by atoms with E-state index in [1.54, 1.807) is 24.3 Å². The average molecular weight is 404 g/mol. The molecule has 3 aromatic rings. The van der Waals surface area contributed by atoms with Crippen molar-refractivity contribution in [3.05, 3.63) is 59.8 Å². The van der Waals surface area contributed by atoms with Crippen molar-refractivity contribution < 1.29 is 13.2 Å². The highest BCUT2D eigenvalue weighted by Crippen LogP contribution is 2.25. The second-order valence-electron chi connectivity index (χ2n) is 6.48. The standard InChI is InChI=1S/C19H18ClN3O3S/c20-15-3-2-14-8-10-22(18(14)12-15)13-19(24)21-16-4-6-17(7-5-16)23-9-1-11-27(23,25)26/h2-8,10,12H,1,9,11,13H2,(H,21,24). The fourth-order valence-corrected chi connectivity index (χ4v) is 5.02. The summed E-state index contributed by atoms with van der Waals surface area (Å²) in [4.78, 5) is 12.4. The topological polar surface area (TPSA) is 71.4 Å². The van der Waals surface area contributed by atoms with Crippen LogP contribution in [0, 0.1) is 0 Å². The highest BCUT2D eigenvalue weighted by Gasteiger charge is 2.28. The van der Waals surface area contributed by atoms with Gasteiger partial charge in [-0.1, -0.05) is 17.7 Å². The molecule has 1 aromatic heterocycles. The van der Waals surface area contributed by atoms with Gasteiger partial charge in [0, 0.05) is 29.0 Å². The predicted octanol–water partition coefficient (Wildman–Crippen LogP) is 3.47. The number of hydrogen-bond acceptors (Lipinski definition) is 3. The molecule has 6 nitrogen and oxygen atoms in total. The number of carbonyl (C=O) groups is 1. The van der Waals surface area contributed by atoms with E-state index in [4.69, 9.17) is 11.6 Å². The van der Waals surface area contributed by atoms with Crippen molar-refractivity contribution in [3.8, 4) is 0 Å². The van der Waals surface area contributed by atoms with Crippen LogP contribution >= 0.6 is 11.6 Å². The van der Waals surface area contributed by atoms with E-state index in [2.05, 4.69) is 5.32 Å². The predicted molar refractivity (Wildman–Crippen MR) is 108 cm³/mol. The van der Waals surface area contributed by atoms with Crippen molar-refractivity contribution in [3.63, 3.8) is 0 Å². The van der Waals surface area contributed by atoms with E-state index in [0.29, 0.717) is 29.4 Å². The number of nitrogens with zero attached hydrogens (tertiary/aromatic N) is 2. The molecule has 1 saturated heterocycles. The highest BCUT2D eigenvalue weighted by molar-refractivity contribution is 7.93. The van der Waals surface area contributed by atoms with Gasteiger partial charge in [0.05, 0.1) is 11.4 Å². The Morgan fingerprint density at radius 2 is 1.89 bits per heavy atom. The largest absolute Gasteiger partial charge is 0.338 e. The third-order valence-corrected chi connectivity index (χ3v) is 6.69. The molecule has 0 spiro atoms. The third kappa shape index (κ3) is 3.65. The lowest BCUT2D eigenvalue weighted by Gasteiger charge is -2.17. The minimum Gasteiger partial charge on any atom is -0.338 e. The molecule has 0 saturated carbocycles. The van der Waals surface area contributed by atoms with Crippen LogP contribution in [0.2, 0.25) is 5.02 Å². The van der Waals surface area contributed by atoms with Crippen molar-refractivity contribution in [2.45, 2.75) is 13.0 Å². The quantitative estimate of drug-likeness (QED) is 0.725. The molecule has 8 heteroatoms. The van der Waals surface area contributed by atoms with E-state index in [-0.39, 0.29) is 18.2 Å². The Bertz CT molecular complexity index is 1110. The molecule has 1 fully saturated rings. The molecule has 0 unspecified atom stereocenters. The maximum absolute atomic E-state index is 12.4. The number of nitrogens with one attached hydrogen (secondary N) is 1. The maximum Gasteiger partial charge on any atom is 0.244 e. The molecule has 1 aliphatic rings. The molecule has 27 heavy (non-hydrogen) atoms. The molecule has 0 bridgehead atoms. The molecule has 1 N–H and O–H groups in total. The van der Waals surface area contributed by atoms with Crippen LogP contribution in [0.3, 0.4) is 0 Å². The van der Waals surface area contributed by atoms with E-state index in [1.807, 2.05) is 35.0 Å². The van der Waals surface area contributed by atoms with Crippen LogP contribution in [0.1, 0.15) is 6.42 Å². The van der Waals surface area contributed by atoms with Gasteiger partial charge in [0.25, 0.3) is 0 Å². The Kier molecular flexibility index (Phi) is 4.57. The molecule has 0 radical (unpaired) electrons. The first kappa shape index (κ1) is 17.9. The number of rotatable bonds is 4. The number of amides is 1. The van der Waals surface area contributed by atoms with Gasteiger partial charge < -0.3 is 9.88 Å². The number of anilines is 2. The summed E-state index contributed by atoms with van der Waals surface area (Å²) in [6.07, 6.45) is 2.48. The number of hydrogen-bond donors (Lipinski definition) is 1. The lowest BCUT2D eigenvalue weighted by atomic mass is 10.2. The smallest absolute Gasteiger partial charge is 0.244 e. The van der Waals surface area contributed by atoms with Gasteiger partial charge in [-0.05, 0) is 54.3 Å². The maximum atomic E-state index is 12.4. The summed E-state index contributed by atoms with van der Waals surface area (Å²) < 4.78 is 27.2. The average Bonchev–Trinajstić information content (AvgIpc) is 3.18. The van der Waals surface area contributed by atoms with Crippen LogP contribution in [0.4, 0.5) is 11.4 Å². The van der Waals surface area contributed by atoms with Gasteiger partial charge in [0.1, 0.15) is 6.54 Å². The van der Waals surface area contributed by atoms with Crippen LogP contribution < -0.4 is 9.62 Å². The molecular formula is C19H18ClN3O3S. The van der Waals surface area contributed by atoms with Crippen LogP contribution in [0.25, 0.3) is 10.9 Å². The van der Waals surface area contributed by atoms with Gasteiger partial charge in [-0.25, -0.2) is 8.42 Å². The van der Waals surface area contributed by atoms with Crippen LogP contribution in [-0.4, -0.2) is 31.2 Å². The third-order valence-electron chi connectivity index (χ3n) is 4.59. The minimum absolute atomic E-state index is 0.159. The molecule has 4 rings (SSSR count). The summed E-state index contributed by atoms with van der Waals surface area (Å²) in [5.74, 6) is 0.00868. The number of benzene rings is 2. The fraction of sp³-hybridized carbons (Fsp3) is 0.211. The van der Waals surface area contributed by atoms with Gasteiger partial charge in [-0.2, -0.15) is 0 Å². The van der Waals surface area contributed by atoms with Gasteiger partial charge in [0.2, 0.25) is 15.9 Å². The van der Waals surface area contributed by atoms with E-state index < -0.39 is 10.0 Å². The summed E-state index contributed by atoms with van der Waals surface area (Å²) >= 11 is 6.04. The van der Waals surface area contributed by atoms with Crippen LogP contribution in [0.5, 0.6) is 0 Å². The monoisotopic (exact) mass is 403 g/mol. The first-order valence-electron chi connectivity index (χ1n) is 8.57. The molecular weight excluding hydrogens is 386 g/mol. The first-order chi connectivity index (χ1) is 12.9. The van der Waals surface area contributed by atoms with E-state index in [1.165, 1.54) is 4.31 Å². The Labute approximate surface area is 162 Å². The number of carbonyl (C=O) groups excluding carboxylic acids is 1. The molecule has 1 aliphatic heterocycles. The number of halogens is 1.